The maximum absolute atomic E-state index is 11.5. The molecule has 2 N–H and O–H groups in total. The summed E-state index contributed by atoms with van der Waals surface area (Å²) in [6.07, 6.45) is 0.976. The van der Waals surface area contributed by atoms with Crippen molar-refractivity contribution in [1.82, 2.24) is 10.6 Å². The average Bonchev–Trinajstić information content (AvgIpc) is 2.75. The lowest BCUT2D eigenvalue weighted by Gasteiger charge is -2.12. The van der Waals surface area contributed by atoms with Gasteiger partial charge in [-0.25, -0.2) is 0 Å². The average molecular weight is 226 g/mol. The Morgan fingerprint density at radius 2 is 2.40 bits per heavy atom. The van der Waals surface area contributed by atoms with Crippen LogP contribution in [0.3, 0.4) is 0 Å². The summed E-state index contributed by atoms with van der Waals surface area (Å²) in [4.78, 5) is 12.7. The van der Waals surface area contributed by atoms with Gasteiger partial charge in [0.1, 0.15) is 0 Å². The Morgan fingerprint density at radius 1 is 1.60 bits per heavy atom. The van der Waals surface area contributed by atoms with Gasteiger partial charge in [0.2, 0.25) is 5.91 Å². The maximum Gasteiger partial charge on any atom is 0.236 e. The van der Waals surface area contributed by atoms with Gasteiger partial charge in [-0.05, 0) is 24.8 Å². The van der Waals surface area contributed by atoms with E-state index in [0.717, 1.165) is 19.5 Å². The van der Waals surface area contributed by atoms with Crippen molar-refractivity contribution in [1.29, 1.82) is 0 Å². The van der Waals surface area contributed by atoms with E-state index in [1.165, 1.54) is 4.88 Å². The van der Waals surface area contributed by atoms with Crippen molar-refractivity contribution in [2.45, 2.75) is 32.9 Å². The quantitative estimate of drug-likeness (QED) is 0.776. The van der Waals surface area contributed by atoms with Crippen molar-refractivity contribution in [2.24, 2.45) is 0 Å². The second-order valence-corrected chi connectivity index (χ2v) is 4.51. The van der Waals surface area contributed by atoms with E-state index in [1.54, 1.807) is 11.3 Å². The van der Waals surface area contributed by atoms with Crippen LogP contribution >= 0.6 is 11.3 Å². The van der Waals surface area contributed by atoms with E-state index < -0.39 is 0 Å². The SMILES string of the molecule is CCCNC(=O)C(C)NCc1cccs1. The molecule has 0 saturated carbocycles. The molecule has 0 aliphatic heterocycles. The number of hydrogen-bond acceptors (Lipinski definition) is 3. The van der Waals surface area contributed by atoms with Gasteiger partial charge in [-0.15, -0.1) is 11.3 Å². The van der Waals surface area contributed by atoms with Crippen LogP contribution in [0.4, 0.5) is 0 Å². The lowest BCUT2D eigenvalue weighted by atomic mass is 10.3. The summed E-state index contributed by atoms with van der Waals surface area (Å²) in [6, 6.07) is 3.95. The Bertz CT molecular complexity index is 285. The molecular weight excluding hydrogens is 208 g/mol. The van der Waals surface area contributed by atoms with Crippen molar-refractivity contribution >= 4 is 17.2 Å². The number of amides is 1. The number of carbonyl (C=O) groups is 1. The Morgan fingerprint density at radius 3 is 3.00 bits per heavy atom. The Hall–Kier alpha value is -0.870. The van der Waals surface area contributed by atoms with Gasteiger partial charge in [-0.2, -0.15) is 0 Å². The molecule has 1 heterocycles. The number of rotatable bonds is 6. The molecule has 84 valence electrons. The molecule has 1 amide bonds. The van der Waals surface area contributed by atoms with E-state index in [4.69, 9.17) is 0 Å². The van der Waals surface area contributed by atoms with E-state index in [9.17, 15) is 4.79 Å². The topological polar surface area (TPSA) is 41.1 Å². The molecule has 15 heavy (non-hydrogen) atoms. The van der Waals surface area contributed by atoms with Crippen LogP contribution in [0.25, 0.3) is 0 Å². The summed E-state index contributed by atoms with van der Waals surface area (Å²) in [6.45, 7) is 5.45. The second kappa shape index (κ2) is 6.58. The smallest absolute Gasteiger partial charge is 0.236 e. The fraction of sp³-hybridized carbons (Fsp3) is 0.545. The summed E-state index contributed by atoms with van der Waals surface area (Å²) in [5, 5.41) is 8.10. The summed E-state index contributed by atoms with van der Waals surface area (Å²) < 4.78 is 0. The lowest BCUT2D eigenvalue weighted by Crippen LogP contribution is -2.41. The highest BCUT2D eigenvalue weighted by atomic mass is 32.1. The molecule has 0 aromatic carbocycles. The number of carbonyl (C=O) groups excluding carboxylic acids is 1. The van der Waals surface area contributed by atoms with Gasteiger partial charge in [0, 0.05) is 18.0 Å². The molecule has 0 aliphatic rings. The van der Waals surface area contributed by atoms with Crippen LogP contribution < -0.4 is 10.6 Å². The molecule has 3 nitrogen and oxygen atoms in total. The number of hydrogen-bond donors (Lipinski definition) is 2. The van der Waals surface area contributed by atoms with Gasteiger partial charge < -0.3 is 10.6 Å². The van der Waals surface area contributed by atoms with Crippen LogP contribution in [-0.2, 0) is 11.3 Å². The zero-order chi connectivity index (χ0) is 11.1. The summed E-state index contributed by atoms with van der Waals surface area (Å²) >= 11 is 1.70. The molecule has 0 saturated heterocycles. The molecule has 0 spiro atoms. The largest absolute Gasteiger partial charge is 0.355 e. The van der Waals surface area contributed by atoms with Crippen LogP contribution in [-0.4, -0.2) is 18.5 Å². The van der Waals surface area contributed by atoms with Crippen LogP contribution in [0.5, 0.6) is 0 Å². The highest BCUT2D eigenvalue weighted by molar-refractivity contribution is 7.09. The minimum Gasteiger partial charge on any atom is -0.355 e. The van der Waals surface area contributed by atoms with Crippen LogP contribution in [0.2, 0.25) is 0 Å². The predicted octanol–water partition coefficient (Wildman–Crippen LogP) is 1.75. The van der Waals surface area contributed by atoms with Gasteiger partial charge in [0.15, 0.2) is 0 Å². The highest BCUT2D eigenvalue weighted by Crippen LogP contribution is 2.07. The first-order chi connectivity index (χ1) is 7.24. The van der Waals surface area contributed by atoms with Gasteiger partial charge in [0.05, 0.1) is 6.04 Å². The first-order valence-electron chi connectivity index (χ1n) is 5.27. The second-order valence-electron chi connectivity index (χ2n) is 3.47. The van der Waals surface area contributed by atoms with E-state index in [0.29, 0.717) is 0 Å². The monoisotopic (exact) mass is 226 g/mol. The molecule has 0 bridgehead atoms. The van der Waals surface area contributed by atoms with Crippen LogP contribution in [0.15, 0.2) is 17.5 Å². The summed E-state index contributed by atoms with van der Waals surface area (Å²) in [5.41, 5.74) is 0. The Labute approximate surface area is 94.9 Å². The van der Waals surface area contributed by atoms with Crippen molar-refractivity contribution < 1.29 is 4.79 Å². The van der Waals surface area contributed by atoms with Gasteiger partial charge >= 0.3 is 0 Å². The molecule has 1 aromatic rings. The van der Waals surface area contributed by atoms with E-state index in [2.05, 4.69) is 16.7 Å². The van der Waals surface area contributed by atoms with E-state index >= 15 is 0 Å². The third kappa shape index (κ3) is 4.44. The van der Waals surface area contributed by atoms with E-state index in [-0.39, 0.29) is 11.9 Å². The van der Waals surface area contributed by atoms with Crippen molar-refractivity contribution in [3.63, 3.8) is 0 Å². The van der Waals surface area contributed by atoms with Gasteiger partial charge in [-0.3, -0.25) is 4.79 Å². The number of thiophene rings is 1. The normalized spacial score (nSPS) is 12.4. The summed E-state index contributed by atoms with van der Waals surface area (Å²) in [5.74, 6) is 0.0772. The molecule has 1 aromatic heterocycles. The van der Waals surface area contributed by atoms with E-state index in [1.807, 2.05) is 25.3 Å². The standard InChI is InChI=1S/C11H18N2OS/c1-3-6-12-11(14)9(2)13-8-10-5-4-7-15-10/h4-5,7,9,13H,3,6,8H2,1-2H3,(H,12,14). The molecule has 1 atom stereocenters. The highest BCUT2D eigenvalue weighted by Gasteiger charge is 2.10. The minimum atomic E-state index is -0.126. The molecule has 4 heteroatoms. The van der Waals surface area contributed by atoms with Crippen molar-refractivity contribution in [2.75, 3.05) is 6.54 Å². The summed E-state index contributed by atoms with van der Waals surface area (Å²) in [7, 11) is 0. The number of nitrogens with one attached hydrogen (secondary N) is 2. The molecular formula is C11H18N2OS. The molecule has 1 unspecified atom stereocenters. The molecule has 0 radical (unpaired) electrons. The Balaban J connectivity index is 2.23. The first kappa shape index (κ1) is 12.2. The lowest BCUT2D eigenvalue weighted by molar-refractivity contribution is -0.122. The zero-order valence-corrected chi connectivity index (χ0v) is 10.1. The predicted molar refractivity (Wildman–Crippen MR) is 63.9 cm³/mol. The minimum absolute atomic E-state index is 0.0772. The van der Waals surface area contributed by atoms with Crippen molar-refractivity contribution in [3.8, 4) is 0 Å². The zero-order valence-electron chi connectivity index (χ0n) is 9.25. The van der Waals surface area contributed by atoms with Gasteiger partial charge in [0.25, 0.3) is 0 Å². The molecule has 0 aliphatic carbocycles. The van der Waals surface area contributed by atoms with Gasteiger partial charge in [-0.1, -0.05) is 13.0 Å². The maximum atomic E-state index is 11.5. The van der Waals surface area contributed by atoms with Crippen LogP contribution in [0, 0.1) is 0 Å². The third-order valence-corrected chi connectivity index (χ3v) is 2.98. The Kier molecular flexibility index (Phi) is 5.36. The first-order valence-corrected chi connectivity index (χ1v) is 6.15. The molecule has 0 fully saturated rings. The van der Waals surface area contributed by atoms with Crippen LogP contribution in [0.1, 0.15) is 25.1 Å². The third-order valence-electron chi connectivity index (χ3n) is 2.11. The fourth-order valence-corrected chi connectivity index (χ4v) is 1.82. The fourth-order valence-electron chi connectivity index (χ4n) is 1.16. The van der Waals surface area contributed by atoms with Crippen molar-refractivity contribution in [3.05, 3.63) is 22.4 Å². The molecule has 1 rings (SSSR count).